The van der Waals surface area contributed by atoms with Crippen LogP contribution in [0.5, 0.6) is 0 Å². The van der Waals surface area contributed by atoms with Crippen LogP contribution in [0.25, 0.3) is 0 Å². The topological polar surface area (TPSA) is 88.9 Å². The van der Waals surface area contributed by atoms with Gasteiger partial charge in [-0.25, -0.2) is 18.1 Å². The van der Waals surface area contributed by atoms with Crippen LogP contribution in [-0.4, -0.2) is 29.2 Å². The Hall–Kier alpha value is -1.93. The van der Waals surface area contributed by atoms with Gasteiger partial charge in [0.25, 0.3) is 0 Å². The minimum absolute atomic E-state index is 0.166. The van der Waals surface area contributed by atoms with Gasteiger partial charge < -0.3 is 5.32 Å². The fourth-order valence-corrected chi connectivity index (χ4v) is 3.30. The van der Waals surface area contributed by atoms with Gasteiger partial charge >= 0.3 is 0 Å². The molecular formula is C13H19N5O2S. The lowest BCUT2D eigenvalue weighted by atomic mass is 10.3. The number of hydrogen-bond donors (Lipinski definition) is 2. The zero-order chi connectivity index (χ0) is 15.5. The molecule has 2 N–H and O–H groups in total. The minimum Gasteiger partial charge on any atom is -0.377 e. The van der Waals surface area contributed by atoms with Crippen LogP contribution in [0.4, 0.5) is 5.69 Å². The maximum atomic E-state index is 12.3. The first-order valence-corrected chi connectivity index (χ1v) is 8.06. The summed E-state index contributed by atoms with van der Waals surface area (Å²) in [5.41, 5.74) is 0.526. The van der Waals surface area contributed by atoms with E-state index in [0.717, 1.165) is 0 Å². The maximum absolute atomic E-state index is 12.3. The Labute approximate surface area is 124 Å². The van der Waals surface area contributed by atoms with E-state index < -0.39 is 10.0 Å². The molecule has 0 atom stereocenters. The molecule has 0 aliphatic heterocycles. The molecule has 2 aromatic rings. The summed E-state index contributed by atoms with van der Waals surface area (Å²) >= 11 is 0. The van der Waals surface area contributed by atoms with Crippen molar-refractivity contribution < 1.29 is 8.42 Å². The van der Waals surface area contributed by atoms with Crippen LogP contribution >= 0.6 is 0 Å². The number of anilines is 1. The van der Waals surface area contributed by atoms with Gasteiger partial charge in [0.1, 0.15) is 11.2 Å². The fraction of sp³-hybridized carbons (Fsp3) is 0.385. The van der Waals surface area contributed by atoms with E-state index in [4.69, 9.17) is 0 Å². The number of aromatic nitrogens is 3. The lowest BCUT2D eigenvalue weighted by Crippen LogP contribution is -2.30. The standard InChI is InChI=1S/C13H19N5O2S/c1-10(2)17-21(19,20)12-7-5-4-6-11(12)14-8-13-15-9-18(3)16-13/h4-7,9-10,14,17H,8H2,1-3H3. The number of aryl methyl sites for hydroxylation is 1. The third-order valence-corrected chi connectivity index (χ3v) is 4.37. The van der Waals surface area contributed by atoms with Gasteiger partial charge in [-0.1, -0.05) is 12.1 Å². The molecule has 0 aliphatic carbocycles. The summed E-state index contributed by atoms with van der Waals surface area (Å²) in [7, 11) is -1.77. The van der Waals surface area contributed by atoms with Gasteiger partial charge in [0.15, 0.2) is 5.82 Å². The van der Waals surface area contributed by atoms with Crippen LogP contribution in [0.2, 0.25) is 0 Å². The normalized spacial score (nSPS) is 11.8. The van der Waals surface area contributed by atoms with Crippen molar-refractivity contribution in [1.82, 2.24) is 19.5 Å². The zero-order valence-electron chi connectivity index (χ0n) is 12.2. The molecule has 0 aliphatic rings. The van der Waals surface area contributed by atoms with Crippen LogP contribution in [0.3, 0.4) is 0 Å². The predicted octanol–water partition coefficient (Wildman–Crippen LogP) is 1.11. The van der Waals surface area contributed by atoms with Crippen molar-refractivity contribution in [2.75, 3.05) is 5.32 Å². The molecule has 0 saturated heterocycles. The number of benzene rings is 1. The molecule has 7 nitrogen and oxygen atoms in total. The molecule has 21 heavy (non-hydrogen) atoms. The van der Waals surface area contributed by atoms with E-state index in [2.05, 4.69) is 20.1 Å². The highest BCUT2D eigenvalue weighted by atomic mass is 32.2. The summed E-state index contributed by atoms with van der Waals surface area (Å²) in [6, 6.07) is 6.60. The Morgan fingerprint density at radius 1 is 1.29 bits per heavy atom. The molecule has 0 bridgehead atoms. The summed E-state index contributed by atoms with van der Waals surface area (Å²) in [5.74, 6) is 0.599. The van der Waals surface area contributed by atoms with Crippen molar-refractivity contribution in [3.05, 3.63) is 36.4 Å². The van der Waals surface area contributed by atoms with Crippen LogP contribution in [0.15, 0.2) is 35.5 Å². The van der Waals surface area contributed by atoms with Crippen molar-refractivity contribution in [3.8, 4) is 0 Å². The number of nitrogens with zero attached hydrogens (tertiary/aromatic N) is 3. The average molecular weight is 309 g/mol. The molecule has 2 rings (SSSR count). The van der Waals surface area contributed by atoms with E-state index >= 15 is 0 Å². The predicted molar refractivity (Wildman–Crippen MR) is 80.2 cm³/mol. The number of nitrogens with one attached hydrogen (secondary N) is 2. The van der Waals surface area contributed by atoms with Gasteiger partial charge in [0.05, 0.1) is 12.2 Å². The highest BCUT2D eigenvalue weighted by molar-refractivity contribution is 7.89. The molecule has 0 spiro atoms. The number of sulfonamides is 1. The first-order valence-electron chi connectivity index (χ1n) is 6.58. The third kappa shape index (κ3) is 4.02. The van der Waals surface area contributed by atoms with Crippen molar-refractivity contribution >= 4 is 15.7 Å². The largest absolute Gasteiger partial charge is 0.377 e. The number of rotatable bonds is 6. The SMILES string of the molecule is CC(C)NS(=O)(=O)c1ccccc1NCc1ncn(C)n1. The van der Waals surface area contributed by atoms with E-state index in [0.29, 0.717) is 18.1 Å². The highest BCUT2D eigenvalue weighted by Gasteiger charge is 2.19. The Balaban J connectivity index is 2.21. The molecule has 1 aromatic heterocycles. The van der Waals surface area contributed by atoms with Crippen molar-refractivity contribution in [2.45, 2.75) is 31.3 Å². The van der Waals surface area contributed by atoms with Crippen molar-refractivity contribution in [2.24, 2.45) is 7.05 Å². The van der Waals surface area contributed by atoms with E-state index in [1.54, 1.807) is 56.2 Å². The quantitative estimate of drug-likeness (QED) is 0.834. The van der Waals surface area contributed by atoms with Gasteiger partial charge in [-0.2, -0.15) is 5.10 Å². The van der Waals surface area contributed by atoms with Crippen LogP contribution < -0.4 is 10.0 Å². The fourth-order valence-electron chi connectivity index (χ4n) is 1.86. The summed E-state index contributed by atoms with van der Waals surface area (Å²) in [6.07, 6.45) is 1.60. The summed E-state index contributed by atoms with van der Waals surface area (Å²) in [5, 5.41) is 7.21. The average Bonchev–Trinajstić information content (AvgIpc) is 2.81. The van der Waals surface area contributed by atoms with Crippen LogP contribution in [0.1, 0.15) is 19.7 Å². The smallest absolute Gasteiger partial charge is 0.242 e. The van der Waals surface area contributed by atoms with Crippen LogP contribution in [-0.2, 0) is 23.6 Å². The van der Waals surface area contributed by atoms with E-state index in [1.807, 2.05) is 0 Å². The van der Waals surface area contributed by atoms with Crippen LogP contribution in [0, 0.1) is 0 Å². The van der Waals surface area contributed by atoms with E-state index in [9.17, 15) is 8.42 Å². The van der Waals surface area contributed by atoms with Gasteiger partial charge in [0, 0.05) is 13.1 Å². The monoisotopic (exact) mass is 309 g/mol. The van der Waals surface area contributed by atoms with Gasteiger partial charge in [-0.15, -0.1) is 0 Å². The first kappa shape index (κ1) is 15.5. The molecule has 0 fully saturated rings. The molecule has 0 unspecified atom stereocenters. The molecule has 8 heteroatoms. The molecule has 1 heterocycles. The van der Waals surface area contributed by atoms with Gasteiger partial charge in [0.2, 0.25) is 10.0 Å². The maximum Gasteiger partial charge on any atom is 0.242 e. The molecule has 114 valence electrons. The lowest BCUT2D eigenvalue weighted by Gasteiger charge is -2.14. The summed E-state index contributed by atoms with van der Waals surface area (Å²) in [6.45, 7) is 3.92. The Morgan fingerprint density at radius 2 is 2.00 bits per heavy atom. The minimum atomic E-state index is -3.55. The van der Waals surface area contributed by atoms with Crippen molar-refractivity contribution in [1.29, 1.82) is 0 Å². The van der Waals surface area contributed by atoms with Crippen molar-refractivity contribution in [3.63, 3.8) is 0 Å². The highest BCUT2D eigenvalue weighted by Crippen LogP contribution is 2.21. The Morgan fingerprint density at radius 3 is 2.62 bits per heavy atom. The Bertz CT molecular complexity index is 709. The second-order valence-electron chi connectivity index (χ2n) is 4.96. The van der Waals surface area contributed by atoms with E-state index in [-0.39, 0.29) is 10.9 Å². The molecule has 1 aromatic carbocycles. The molecule has 0 amide bonds. The number of hydrogen-bond acceptors (Lipinski definition) is 5. The second-order valence-corrected chi connectivity index (χ2v) is 6.64. The Kier molecular flexibility index (Phi) is 4.59. The first-order chi connectivity index (χ1) is 9.88. The zero-order valence-corrected chi connectivity index (χ0v) is 13.1. The molecule has 0 saturated carbocycles. The van der Waals surface area contributed by atoms with Gasteiger partial charge in [-0.3, -0.25) is 4.68 Å². The van der Waals surface area contributed by atoms with Gasteiger partial charge in [-0.05, 0) is 26.0 Å². The second kappa shape index (κ2) is 6.23. The summed E-state index contributed by atoms with van der Waals surface area (Å²) in [4.78, 5) is 4.31. The summed E-state index contributed by atoms with van der Waals surface area (Å²) < 4.78 is 28.8. The molecular weight excluding hydrogens is 290 g/mol. The number of para-hydroxylation sites is 1. The third-order valence-electron chi connectivity index (χ3n) is 2.65. The molecule has 0 radical (unpaired) electrons. The van der Waals surface area contributed by atoms with E-state index in [1.165, 1.54) is 0 Å². The lowest BCUT2D eigenvalue weighted by molar-refractivity contribution is 0.570.